The number of ether oxygens (including phenoxy) is 2. The number of nitrogens with zero attached hydrogens (tertiary/aromatic N) is 3. The molecule has 2 saturated heterocycles. The van der Waals surface area contributed by atoms with Crippen LogP contribution < -0.4 is 5.32 Å². The van der Waals surface area contributed by atoms with Crippen LogP contribution in [0.1, 0.15) is 19.3 Å². The van der Waals surface area contributed by atoms with Crippen molar-refractivity contribution in [3.8, 4) is 0 Å². The minimum Gasteiger partial charge on any atom is -0.381 e. The van der Waals surface area contributed by atoms with Crippen molar-refractivity contribution in [2.75, 3.05) is 67.2 Å². The molecule has 0 aliphatic carbocycles. The third-order valence-corrected chi connectivity index (χ3v) is 4.91. The van der Waals surface area contributed by atoms with Crippen molar-refractivity contribution in [2.45, 2.75) is 31.3 Å². The lowest BCUT2D eigenvalue weighted by molar-refractivity contribution is -0.124. The number of amides is 3. The number of likely N-dealkylation sites (tertiary alicyclic amines) is 1. The van der Waals surface area contributed by atoms with E-state index in [2.05, 4.69) is 10.2 Å². The van der Waals surface area contributed by atoms with E-state index in [4.69, 9.17) is 9.47 Å². The van der Waals surface area contributed by atoms with Crippen LogP contribution in [-0.4, -0.2) is 106 Å². The second-order valence-electron chi connectivity index (χ2n) is 6.93. The van der Waals surface area contributed by atoms with Crippen LogP contribution in [0.4, 0.5) is 4.79 Å². The second kappa shape index (κ2) is 9.94. The molecule has 2 fully saturated rings. The molecular weight excluding hydrogens is 324 g/mol. The van der Waals surface area contributed by atoms with Crippen LogP contribution in [0.3, 0.4) is 0 Å². The van der Waals surface area contributed by atoms with Crippen LogP contribution in [-0.2, 0) is 14.3 Å². The summed E-state index contributed by atoms with van der Waals surface area (Å²) in [5.74, 6) is -0.0924. The molecule has 0 aromatic heterocycles. The Hall–Kier alpha value is -1.38. The second-order valence-corrected chi connectivity index (χ2v) is 6.93. The summed E-state index contributed by atoms with van der Waals surface area (Å²) in [4.78, 5) is 29.8. The van der Waals surface area contributed by atoms with Gasteiger partial charge in [-0.3, -0.25) is 9.69 Å². The van der Waals surface area contributed by atoms with Gasteiger partial charge in [-0.1, -0.05) is 0 Å². The Morgan fingerprint density at radius 3 is 2.56 bits per heavy atom. The van der Waals surface area contributed by atoms with Crippen molar-refractivity contribution in [1.29, 1.82) is 0 Å². The summed E-state index contributed by atoms with van der Waals surface area (Å²) < 4.78 is 10.3. The minimum absolute atomic E-state index is 0.0721. The molecular formula is C17H32N4O4. The fraction of sp³-hybridized carbons (Fsp3) is 0.882. The Labute approximate surface area is 150 Å². The molecule has 0 bridgehead atoms. The number of carbonyl (C=O) groups excluding carboxylic acids is 2. The molecule has 1 unspecified atom stereocenters. The molecule has 0 saturated carbocycles. The maximum atomic E-state index is 12.2. The maximum Gasteiger partial charge on any atom is 0.319 e. The number of urea groups is 1. The average molecular weight is 356 g/mol. The van der Waals surface area contributed by atoms with Crippen LogP contribution in [0.15, 0.2) is 0 Å². The Balaban J connectivity index is 1.92. The van der Waals surface area contributed by atoms with Crippen molar-refractivity contribution < 1.29 is 19.1 Å². The lowest BCUT2D eigenvalue weighted by Gasteiger charge is -2.38. The Morgan fingerprint density at radius 1 is 1.20 bits per heavy atom. The summed E-state index contributed by atoms with van der Waals surface area (Å²) >= 11 is 0. The number of hydrogen-bond donors (Lipinski definition) is 1. The molecule has 8 heteroatoms. The van der Waals surface area contributed by atoms with Crippen molar-refractivity contribution in [3.63, 3.8) is 0 Å². The van der Waals surface area contributed by atoms with E-state index in [0.717, 1.165) is 52.1 Å². The van der Waals surface area contributed by atoms with E-state index in [-0.39, 0.29) is 18.5 Å². The van der Waals surface area contributed by atoms with Gasteiger partial charge in [0.25, 0.3) is 0 Å². The molecule has 2 rings (SSSR count). The Morgan fingerprint density at radius 2 is 1.92 bits per heavy atom. The minimum atomic E-state index is -0.0924. The standard InChI is InChI=1S/C17H32N4O4/c1-19(2)17(23)20-8-4-15(12-20)21(14-5-10-25-11-6-14)9-7-18-16(22)13-24-3/h14-15H,4-13H2,1-3H3,(H,18,22). The highest BCUT2D eigenvalue weighted by atomic mass is 16.5. The molecule has 0 spiro atoms. The van der Waals surface area contributed by atoms with Crippen LogP contribution >= 0.6 is 0 Å². The molecule has 8 nitrogen and oxygen atoms in total. The normalized spacial score (nSPS) is 21.6. The molecule has 2 heterocycles. The molecule has 0 radical (unpaired) electrons. The van der Waals surface area contributed by atoms with Gasteiger partial charge in [0.15, 0.2) is 0 Å². The van der Waals surface area contributed by atoms with E-state index in [1.165, 1.54) is 7.11 Å². The number of nitrogens with one attached hydrogen (secondary N) is 1. The van der Waals surface area contributed by atoms with E-state index in [1.54, 1.807) is 19.0 Å². The largest absolute Gasteiger partial charge is 0.381 e. The summed E-state index contributed by atoms with van der Waals surface area (Å²) in [5, 5.41) is 2.90. The van der Waals surface area contributed by atoms with Crippen molar-refractivity contribution >= 4 is 11.9 Å². The first-order valence-electron chi connectivity index (χ1n) is 9.08. The number of carbonyl (C=O) groups is 2. The molecule has 0 aromatic rings. The van der Waals surface area contributed by atoms with Gasteiger partial charge < -0.3 is 24.6 Å². The third-order valence-electron chi connectivity index (χ3n) is 4.91. The summed E-state index contributed by atoms with van der Waals surface area (Å²) in [6, 6.07) is 0.863. The van der Waals surface area contributed by atoms with Crippen LogP contribution in [0.2, 0.25) is 0 Å². The molecule has 1 atom stereocenters. The first-order chi connectivity index (χ1) is 12.0. The highest BCUT2D eigenvalue weighted by Gasteiger charge is 2.34. The Kier molecular flexibility index (Phi) is 7.92. The predicted octanol–water partition coefficient (Wildman–Crippen LogP) is -0.0141. The molecule has 2 aliphatic heterocycles. The first kappa shape index (κ1) is 19.9. The smallest absolute Gasteiger partial charge is 0.319 e. The summed E-state index contributed by atoms with van der Waals surface area (Å²) in [6.07, 6.45) is 2.98. The summed E-state index contributed by atoms with van der Waals surface area (Å²) in [5.41, 5.74) is 0. The maximum absolute atomic E-state index is 12.2. The van der Waals surface area contributed by atoms with E-state index in [0.29, 0.717) is 18.6 Å². The zero-order valence-electron chi connectivity index (χ0n) is 15.7. The van der Waals surface area contributed by atoms with Gasteiger partial charge in [-0.05, 0) is 19.3 Å². The lowest BCUT2D eigenvalue weighted by Crippen LogP contribution is -2.50. The molecule has 3 amide bonds. The van der Waals surface area contributed by atoms with Gasteiger partial charge in [0, 0.05) is 72.7 Å². The van der Waals surface area contributed by atoms with Crippen LogP contribution in [0.5, 0.6) is 0 Å². The summed E-state index contributed by atoms with van der Waals surface area (Å²) in [6.45, 7) is 4.57. The molecule has 1 N–H and O–H groups in total. The van der Waals surface area contributed by atoms with Gasteiger partial charge >= 0.3 is 6.03 Å². The predicted molar refractivity (Wildman–Crippen MR) is 94.5 cm³/mol. The number of methoxy groups -OCH3 is 1. The quantitative estimate of drug-likeness (QED) is 0.694. The zero-order chi connectivity index (χ0) is 18.2. The topological polar surface area (TPSA) is 74.3 Å². The van der Waals surface area contributed by atoms with E-state index < -0.39 is 0 Å². The van der Waals surface area contributed by atoms with Gasteiger partial charge in [0.2, 0.25) is 5.91 Å². The highest BCUT2D eigenvalue weighted by Crippen LogP contribution is 2.23. The fourth-order valence-corrected chi connectivity index (χ4v) is 3.66. The van der Waals surface area contributed by atoms with Crippen molar-refractivity contribution in [1.82, 2.24) is 20.0 Å². The van der Waals surface area contributed by atoms with Gasteiger partial charge in [0.1, 0.15) is 6.61 Å². The highest BCUT2D eigenvalue weighted by molar-refractivity contribution is 5.77. The Bertz CT molecular complexity index is 440. The molecule has 144 valence electrons. The van der Waals surface area contributed by atoms with Crippen LogP contribution in [0.25, 0.3) is 0 Å². The SMILES string of the molecule is COCC(=O)NCCN(C1CCOCC1)C1CCN(C(=O)N(C)C)C1. The van der Waals surface area contributed by atoms with Crippen molar-refractivity contribution in [2.24, 2.45) is 0 Å². The van der Waals surface area contributed by atoms with Gasteiger partial charge in [-0.2, -0.15) is 0 Å². The monoisotopic (exact) mass is 356 g/mol. The zero-order valence-corrected chi connectivity index (χ0v) is 15.7. The lowest BCUT2D eigenvalue weighted by atomic mass is 10.0. The van der Waals surface area contributed by atoms with E-state index in [1.807, 2.05) is 4.90 Å². The number of rotatable bonds is 7. The van der Waals surface area contributed by atoms with E-state index in [9.17, 15) is 9.59 Å². The molecule has 2 aliphatic rings. The van der Waals surface area contributed by atoms with E-state index >= 15 is 0 Å². The van der Waals surface area contributed by atoms with Gasteiger partial charge in [0.05, 0.1) is 0 Å². The average Bonchev–Trinajstić information content (AvgIpc) is 3.08. The number of hydrogen-bond acceptors (Lipinski definition) is 5. The van der Waals surface area contributed by atoms with Gasteiger partial charge in [-0.15, -0.1) is 0 Å². The fourth-order valence-electron chi connectivity index (χ4n) is 3.66. The van der Waals surface area contributed by atoms with Crippen molar-refractivity contribution in [3.05, 3.63) is 0 Å². The first-order valence-corrected chi connectivity index (χ1v) is 9.08. The summed E-state index contributed by atoms with van der Waals surface area (Å²) in [7, 11) is 5.09. The van der Waals surface area contributed by atoms with Crippen LogP contribution in [0, 0.1) is 0 Å². The molecule has 25 heavy (non-hydrogen) atoms. The van der Waals surface area contributed by atoms with Gasteiger partial charge in [-0.25, -0.2) is 4.79 Å². The molecule has 0 aromatic carbocycles. The third kappa shape index (κ3) is 5.83.